The molecule has 1 aromatic carbocycles. The molecular formula is C13H19FN2O3S. The van der Waals surface area contributed by atoms with E-state index >= 15 is 0 Å². The van der Waals surface area contributed by atoms with Crippen LogP contribution in [0.5, 0.6) is 0 Å². The summed E-state index contributed by atoms with van der Waals surface area (Å²) in [5, 5.41) is 0. The zero-order chi connectivity index (χ0) is 14.6. The molecule has 1 aromatic rings. The number of nitrogen functional groups attached to an aromatic ring is 1. The minimum Gasteiger partial charge on any atom is -0.399 e. The van der Waals surface area contributed by atoms with Gasteiger partial charge in [-0.25, -0.2) is 17.5 Å². The maximum atomic E-state index is 13.5. The van der Waals surface area contributed by atoms with E-state index in [2.05, 4.69) is 4.72 Å². The fourth-order valence-electron chi connectivity index (χ4n) is 2.19. The van der Waals surface area contributed by atoms with Crippen LogP contribution in [0, 0.1) is 5.82 Å². The standard InChI is InChI=1S/C13H19FN2O3S/c14-12-5-4-10(15)9-13(12)20(17,18)16-7-6-11-3-1-2-8-19-11/h4-5,9,11,16H,1-3,6-8,15H2. The number of anilines is 1. The summed E-state index contributed by atoms with van der Waals surface area (Å²) >= 11 is 0. The van der Waals surface area contributed by atoms with E-state index in [0.717, 1.165) is 38.0 Å². The highest BCUT2D eigenvalue weighted by molar-refractivity contribution is 7.89. The molecule has 1 unspecified atom stereocenters. The van der Waals surface area contributed by atoms with Gasteiger partial charge in [-0.1, -0.05) is 0 Å². The van der Waals surface area contributed by atoms with E-state index in [1.54, 1.807) is 0 Å². The van der Waals surface area contributed by atoms with E-state index in [1.807, 2.05) is 0 Å². The molecule has 0 spiro atoms. The summed E-state index contributed by atoms with van der Waals surface area (Å²) in [5.74, 6) is -0.805. The van der Waals surface area contributed by atoms with Gasteiger partial charge in [0, 0.05) is 18.8 Å². The van der Waals surface area contributed by atoms with Crippen LogP contribution in [0.1, 0.15) is 25.7 Å². The van der Waals surface area contributed by atoms with Crippen LogP contribution in [-0.2, 0) is 14.8 Å². The Morgan fingerprint density at radius 3 is 2.90 bits per heavy atom. The predicted molar refractivity (Wildman–Crippen MR) is 74.2 cm³/mol. The third-order valence-corrected chi connectivity index (χ3v) is 4.75. The molecule has 7 heteroatoms. The van der Waals surface area contributed by atoms with Gasteiger partial charge in [0.1, 0.15) is 10.7 Å². The van der Waals surface area contributed by atoms with Gasteiger partial charge in [0.05, 0.1) is 6.10 Å². The first-order valence-electron chi connectivity index (χ1n) is 6.65. The lowest BCUT2D eigenvalue weighted by molar-refractivity contribution is 0.0123. The molecule has 5 nitrogen and oxygen atoms in total. The highest BCUT2D eigenvalue weighted by atomic mass is 32.2. The van der Waals surface area contributed by atoms with Crippen LogP contribution < -0.4 is 10.5 Å². The van der Waals surface area contributed by atoms with Gasteiger partial charge in [-0.05, 0) is 43.9 Å². The molecule has 20 heavy (non-hydrogen) atoms. The SMILES string of the molecule is Nc1ccc(F)c(S(=O)(=O)NCCC2CCCCO2)c1. The zero-order valence-electron chi connectivity index (χ0n) is 11.1. The third kappa shape index (κ3) is 3.91. The number of hydrogen-bond donors (Lipinski definition) is 2. The third-order valence-electron chi connectivity index (χ3n) is 3.28. The van der Waals surface area contributed by atoms with Gasteiger partial charge in [-0.3, -0.25) is 0 Å². The minimum atomic E-state index is -3.87. The van der Waals surface area contributed by atoms with Crippen molar-refractivity contribution in [3.63, 3.8) is 0 Å². The molecule has 0 aliphatic carbocycles. The largest absolute Gasteiger partial charge is 0.399 e. The monoisotopic (exact) mass is 302 g/mol. The maximum Gasteiger partial charge on any atom is 0.243 e. The molecule has 112 valence electrons. The fourth-order valence-corrected chi connectivity index (χ4v) is 3.35. The lowest BCUT2D eigenvalue weighted by Gasteiger charge is -2.22. The van der Waals surface area contributed by atoms with Gasteiger partial charge >= 0.3 is 0 Å². The number of nitrogens with two attached hydrogens (primary N) is 1. The summed E-state index contributed by atoms with van der Waals surface area (Å²) in [6.07, 6.45) is 3.76. The number of rotatable bonds is 5. The van der Waals surface area contributed by atoms with Crippen molar-refractivity contribution in [2.75, 3.05) is 18.9 Å². The smallest absolute Gasteiger partial charge is 0.243 e. The first-order chi connectivity index (χ1) is 9.49. The summed E-state index contributed by atoms with van der Waals surface area (Å²) in [4.78, 5) is -0.415. The Morgan fingerprint density at radius 2 is 2.20 bits per heavy atom. The lowest BCUT2D eigenvalue weighted by atomic mass is 10.1. The van der Waals surface area contributed by atoms with E-state index in [-0.39, 0.29) is 18.3 Å². The number of ether oxygens (including phenoxy) is 1. The lowest BCUT2D eigenvalue weighted by Crippen LogP contribution is -2.30. The first kappa shape index (κ1) is 15.2. The molecule has 1 aliphatic rings. The number of benzene rings is 1. The van der Waals surface area contributed by atoms with Crippen LogP contribution in [0.25, 0.3) is 0 Å². The number of hydrogen-bond acceptors (Lipinski definition) is 4. The topological polar surface area (TPSA) is 81.4 Å². The summed E-state index contributed by atoms with van der Waals surface area (Å²) in [7, 11) is -3.87. The van der Waals surface area contributed by atoms with Crippen molar-refractivity contribution in [2.45, 2.75) is 36.7 Å². The van der Waals surface area contributed by atoms with E-state index in [0.29, 0.717) is 6.42 Å². The average Bonchev–Trinajstić information content (AvgIpc) is 2.42. The molecule has 1 heterocycles. The molecule has 0 radical (unpaired) electrons. The van der Waals surface area contributed by atoms with Gasteiger partial charge in [-0.2, -0.15) is 0 Å². The Balaban J connectivity index is 1.95. The van der Waals surface area contributed by atoms with Crippen molar-refractivity contribution in [1.29, 1.82) is 0 Å². The second-order valence-electron chi connectivity index (χ2n) is 4.86. The Morgan fingerprint density at radius 1 is 1.40 bits per heavy atom. The van der Waals surface area contributed by atoms with Crippen LogP contribution in [0.15, 0.2) is 23.1 Å². The summed E-state index contributed by atoms with van der Waals surface area (Å²) in [5.41, 5.74) is 5.70. The van der Waals surface area contributed by atoms with Gasteiger partial charge < -0.3 is 10.5 Å². The van der Waals surface area contributed by atoms with Crippen molar-refractivity contribution in [1.82, 2.24) is 4.72 Å². The van der Waals surface area contributed by atoms with E-state index in [1.165, 1.54) is 6.07 Å². The van der Waals surface area contributed by atoms with Crippen LogP contribution in [0.4, 0.5) is 10.1 Å². The predicted octanol–water partition coefficient (Wildman–Crippen LogP) is 1.65. The molecular weight excluding hydrogens is 283 g/mol. The number of nitrogens with one attached hydrogen (secondary N) is 1. The zero-order valence-corrected chi connectivity index (χ0v) is 12.0. The summed E-state index contributed by atoms with van der Waals surface area (Å²) in [6.45, 7) is 0.947. The van der Waals surface area contributed by atoms with Crippen molar-refractivity contribution >= 4 is 15.7 Å². The molecule has 1 aliphatic heterocycles. The average molecular weight is 302 g/mol. The van der Waals surface area contributed by atoms with E-state index in [4.69, 9.17) is 10.5 Å². The number of sulfonamides is 1. The minimum absolute atomic E-state index is 0.0807. The van der Waals surface area contributed by atoms with Gasteiger partial charge in [0.25, 0.3) is 0 Å². The van der Waals surface area contributed by atoms with Crippen LogP contribution >= 0.6 is 0 Å². The Labute approximate surface area is 118 Å². The molecule has 0 bridgehead atoms. The highest BCUT2D eigenvalue weighted by Gasteiger charge is 2.20. The maximum absolute atomic E-state index is 13.5. The molecule has 1 atom stereocenters. The summed E-state index contributed by atoms with van der Waals surface area (Å²) in [6, 6.07) is 3.49. The van der Waals surface area contributed by atoms with Crippen molar-refractivity contribution < 1.29 is 17.5 Å². The van der Waals surface area contributed by atoms with Crippen LogP contribution in [0.3, 0.4) is 0 Å². The second-order valence-corrected chi connectivity index (χ2v) is 6.60. The molecule has 0 saturated carbocycles. The van der Waals surface area contributed by atoms with Gasteiger partial charge in [0.15, 0.2) is 0 Å². The first-order valence-corrected chi connectivity index (χ1v) is 8.13. The van der Waals surface area contributed by atoms with E-state index in [9.17, 15) is 12.8 Å². The fraction of sp³-hybridized carbons (Fsp3) is 0.538. The number of halogens is 1. The molecule has 3 N–H and O–H groups in total. The molecule has 2 rings (SSSR count). The Hall–Kier alpha value is -1.18. The molecule has 1 fully saturated rings. The highest BCUT2D eigenvalue weighted by Crippen LogP contribution is 2.18. The van der Waals surface area contributed by atoms with E-state index < -0.39 is 20.7 Å². The van der Waals surface area contributed by atoms with Crippen LogP contribution in [-0.4, -0.2) is 27.7 Å². The van der Waals surface area contributed by atoms with Crippen LogP contribution in [0.2, 0.25) is 0 Å². The Kier molecular flexibility index (Phi) is 4.95. The summed E-state index contributed by atoms with van der Waals surface area (Å²) < 4.78 is 45.4. The normalized spacial score (nSPS) is 19.9. The van der Waals surface area contributed by atoms with Crippen molar-refractivity contribution in [3.05, 3.63) is 24.0 Å². The molecule has 1 saturated heterocycles. The second kappa shape index (κ2) is 6.51. The van der Waals surface area contributed by atoms with Crippen molar-refractivity contribution in [2.24, 2.45) is 0 Å². The van der Waals surface area contributed by atoms with Gasteiger partial charge in [0.2, 0.25) is 10.0 Å². The van der Waals surface area contributed by atoms with Crippen molar-refractivity contribution in [3.8, 4) is 0 Å². The quantitative estimate of drug-likeness (QED) is 0.810. The Bertz CT molecular complexity index is 557. The molecule has 0 amide bonds. The molecule has 0 aromatic heterocycles. The van der Waals surface area contributed by atoms with Gasteiger partial charge in [-0.15, -0.1) is 0 Å².